The minimum atomic E-state index is 0.852. The SMILES string of the molecule is CC.CC.CCC12CCC(CC1)C2. The van der Waals surface area contributed by atoms with E-state index in [0.717, 1.165) is 11.3 Å². The average Bonchev–Trinajstić information content (AvgIpc) is 2.84. The molecular formula is C13H28. The van der Waals surface area contributed by atoms with Crippen LogP contribution in [-0.2, 0) is 0 Å². The summed E-state index contributed by atoms with van der Waals surface area (Å²) in [6.45, 7) is 10.4. The maximum absolute atomic E-state index is 2.37. The van der Waals surface area contributed by atoms with Gasteiger partial charge in [-0.05, 0) is 43.4 Å². The first-order valence-electron chi connectivity index (χ1n) is 6.35. The zero-order chi connectivity index (χ0) is 10.3. The molecule has 2 fully saturated rings. The molecule has 0 amide bonds. The molecule has 0 unspecified atom stereocenters. The van der Waals surface area contributed by atoms with Crippen LogP contribution in [0.1, 0.15) is 73.1 Å². The van der Waals surface area contributed by atoms with Gasteiger partial charge in [0.15, 0.2) is 0 Å². The summed E-state index contributed by atoms with van der Waals surface area (Å²) in [5.41, 5.74) is 0.852. The molecule has 0 aliphatic heterocycles. The van der Waals surface area contributed by atoms with E-state index in [1.807, 2.05) is 27.7 Å². The number of hydrogen-bond acceptors (Lipinski definition) is 0. The second kappa shape index (κ2) is 6.45. The first-order chi connectivity index (χ1) is 6.35. The predicted octanol–water partition coefficient (Wildman–Crippen LogP) is 5.03. The van der Waals surface area contributed by atoms with Crippen LogP contribution < -0.4 is 0 Å². The van der Waals surface area contributed by atoms with E-state index in [1.54, 1.807) is 32.1 Å². The summed E-state index contributed by atoms with van der Waals surface area (Å²) in [7, 11) is 0. The Morgan fingerprint density at radius 1 is 1.00 bits per heavy atom. The predicted molar refractivity (Wildman–Crippen MR) is 62.0 cm³/mol. The van der Waals surface area contributed by atoms with Crippen molar-refractivity contribution in [1.29, 1.82) is 0 Å². The molecule has 0 heteroatoms. The molecule has 0 aromatic rings. The van der Waals surface area contributed by atoms with E-state index >= 15 is 0 Å². The summed E-state index contributed by atoms with van der Waals surface area (Å²) < 4.78 is 0. The minimum absolute atomic E-state index is 0.852. The highest BCUT2D eigenvalue weighted by Crippen LogP contribution is 2.55. The Morgan fingerprint density at radius 2 is 1.46 bits per heavy atom. The first kappa shape index (κ1) is 13.0. The lowest BCUT2D eigenvalue weighted by atomic mass is 9.82. The van der Waals surface area contributed by atoms with Crippen LogP contribution in [0, 0.1) is 11.3 Å². The van der Waals surface area contributed by atoms with Gasteiger partial charge in [-0.1, -0.05) is 41.0 Å². The van der Waals surface area contributed by atoms with Crippen molar-refractivity contribution in [1.82, 2.24) is 0 Å². The Balaban J connectivity index is 0.000000322. The summed E-state index contributed by atoms with van der Waals surface area (Å²) in [4.78, 5) is 0. The van der Waals surface area contributed by atoms with Gasteiger partial charge in [0, 0.05) is 0 Å². The molecule has 2 saturated carbocycles. The number of rotatable bonds is 1. The third-order valence-electron chi connectivity index (χ3n) is 3.64. The molecule has 80 valence electrons. The Labute approximate surface area is 85.1 Å². The molecule has 2 bridgehead atoms. The van der Waals surface area contributed by atoms with Gasteiger partial charge in [-0.15, -0.1) is 0 Å². The van der Waals surface area contributed by atoms with Crippen LogP contribution in [0.4, 0.5) is 0 Å². The first-order valence-corrected chi connectivity index (χ1v) is 6.35. The second-order valence-corrected chi connectivity index (χ2v) is 4.00. The van der Waals surface area contributed by atoms with Crippen molar-refractivity contribution in [3.05, 3.63) is 0 Å². The molecular weight excluding hydrogens is 156 g/mol. The van der Waals surface area contributed by atoms with Crippen molar-refractivity contribution >= 4 is 0 Å². The van der Waals surface area contributed by atoms with Gasteiger partial charge in [0.05, 0.1) is 0 Å². The molecule has 0 saturated heterocycles. The quantitative estimate of drug-likeness (QED) is 0.536. The molecule has 2 rings (SSSR count). The lowest BCUT2D eigenvalue weighted by Gasteiger charge is -2.23. The number of fused-ring (bicyclic) bond motifs is 2. The van der Waals surface area contributed by atoms with Crippen molar-refractivity contribution in [2.24, 2.45) is 11.3 Å². The molecule has 0 spiro atoms. The van der Waals surface area contributed by atoms with Crippen molar-refractivity contribution in [2.45, 2.75) is 73.1 Å². The summed E-state index contributed by atoms with van der Waals surface area (Å²) in [5.74, 6) is 1.14. The summed E-state index contributed by atoms with van der Waals surface area (Å²) in [6, 6.07) is 0. The van der Waals surface area contributed by atoms with Crippen LogP contribution in [0.25, 0.3) is 0 Å². The van der Waals surface area contributed by atoms with E-state index in [9.17, 15) is 0 Å². The van der Waals surface area contributed by atoms with Crippen molar-refractivity contribution in [3.8, 4) is 0 Å². The molecule has 0 radical (unpaired) electrons. The van der Waals surface area contributed by atoms with Crippen molar-refractivity contribution < 1.29 is 0 Å². The Morgan fingerprint density at radius 3 is 1.62 bits per heavy atom. The Kier molecular flexibility index (Phi) is 6.45. The highest BCUT2D eigenvalue weighted by molar-refractivity contribution is 4.94. The van der Waals surface area contributed by atoms with E-state index in [-0.39, 0.29) is 0 Å². The second-order valence-electron chi connectivity index (χ2n) is 4.00. The van der Waals surface area contributed by atoms with Crippen LogP contribution in [0.5, 0.6) is 0 Å². The van der Waals surface area contributed by atoms with Gasteiger partial charge in [-0.25, -0.2) is 0 Å². The fraction of sp³-hybridized carbons (Fsp3) is 1.00. The van der Waals surface area contributed by atoms with Gasteiger partial charge in [0.2, 0.25) is 0 Å². The van der Waals surface area contributed by atoms with Gasteiger partial charge < -0.3 is 0 Å². The van der Waals surface area contributed by atoms with Crippen LogP contribution in [0.3, 0.4) is 0 Å². The largest absolute Gasteiger partial charge is 0.0683 e. The molecule has 0 atom stereocenters. The average molecular weight is 184 g/mol. The van der Waals surface area contributed by atoms with Crippen LogP contribution in [0.15, 0.2) is 0 Å². The fourth-order valence-corrected chi connectivity index (χ4v) is 2.81. The molecule has 0 heterocycles. The van der Waals surface area contributed by atoms with Crippen molar-refractivity contribution in [3.63, 3.8) is 0 Å². The molecule has 2 aliphatic rings. The third kappa shape index (κ3) is 3.00. The van der Waals surface area contributed by atoms with E-state index in [1.165, 1.54) is 6.42 Å². The molecule has 0 aromatic heterocycles. The summed E-state index contributed by atoms with van der Waals surface area (Å²) in [6.07, 6.45) is 9.22. The van der Waals surface area contributed by atoms with Crippen molar-refractivity contribution in [2.75, 3.05) is 0 Å². The lowest BCUT2D eigenvalue weighted by Crippen LogP contribution is -2.11. The maximum atomic E-state index is 2.37. The Hall–Kier alpha value is 0. The zero-order valence-corrected chi connectivity index (χ0v) is 10.3. The van der Waals surface area contributed by atoms with Gasteiger partial charge in [-0.2, -0.15) is 0 Å². The molecule has 13 heavy (non-hydrogen) atoms. The molecule has 0 aromatic carbocycles. The summed E-state index contributed by atoms with van der Waals surface area (Å²) in [5, 5.41) is 0. The third-order valence-corrected chi connectivity index (χ3v) is 3.64. The monoisotopic (exact) mass is 184 g/mol. The van der Waals surface area contributed by atoms with Crippen LogP contribution in [-0.4, -0.2) is 0 Å². The van der Waals surface area contributed by atoms with E-state index < -0.39 is 0 Å². The van der Waals surface area contributed by atoms with Crippen LogP contribution in [0.2, 0.25) is 0 Å². The molecule has 0 nitrogen and oxygen atoms in total. The standard InChI is InChI=1S/C9H16.2C2H6/c1-2-9-5-3-8(7-9)4-6-9;2*1-2/h8H,2-7H2,1H3;2*1-2H3. The summed E-state index contributed by atoms with van der Waals surface area (Å²) >= 11 is 0. The maximum Gasteiger partial charge on any atom is -0.0297 e. The molecule has 2 aliphatic carbocycles. The van der Waals surface area contributed by atoms with E-state index in [4.69, 9.17) is 0 Å². The smallest absolute Gasteiger partial charge is 0.0297 e. The lowest BCUT2D eigenvalue weighted by molar-refractivity contribution is 0.283. The molecule has 0 N–H and O–H groups in total. The van der Waals surface area contributed by atoms with E-state index in [2.05, 4.69) is 6.92 Å². The van der Waals surface area contributed by atoms with Gasteiger partial charge in [0.1, 0.15) is 0 Å². The Bertz CT molecular complexity index is 107. The zero-order valence-electron chi connectivity index (χ0n) is 10.3. The van der Waals surface area contributed by atoms with Gasteiger partial charge in [-0.3, -0.25) is 0 Å². The van der Waals surface area contributed by atoms with E-state index in [0.29, 0.717) is 0 Å². The fourth-order valence-electron chi connectivity index (χ4n) is 2.81. The highest BCUT2D eigenvalue weighted by atomic mass is 14.5. The van der Waals surface area contributed by atoms with Gasteiger partial charge in [0.25, 0.3) is 0 Å². The normalized spacial score (nSPS) is 34.4. The highest BCUT2D eigenvalue weighted by Gasteiger charge is 2.42. The van der Waals surface area contributed by atoms with Crippen LogP contribution >= 0.6 is 0 Å². The topological polar surface area (TPSA) is 0 Å². The minimum Gasteiger partial charge on any atom is -0.0683 e. The van der Waals surface area contributed by atoms with Gasteiger partial charge >= 0.3 is 0 Å². The number of hydrogen-bond donors (Lipinski definition) is 0.